The van der Waals surface area contributed by atoms with Crippen LogP contribution >= 0.6 is 0 Å². The van der Waals surface area contributed by atoms with Crippen molar-refractivity contribution in [3.8, 4) is 0 Å². The van der Waals surface area contributed by atoms with Crippen LogP contribution in [0.1, 0.15) is 17.2 Å². The molecule has 1 fully saturated rings. The molecule has 0 saturated carbocycles. The normalized spacial score (nSPS) is 21.3. The Balaban J connectivity index is 1.88. The third kappa shape index (κ3) is 3.09. The summed E-state index contributed by atoms with van der Waals surface area (Å²) in [6.07, 6.45) is 0.543. The van der Waals surface area contributed by atoms with E-state index in [2.05, 4.69) is 10.5 Å². The fourth-order valence-electron chi connectivity index (χ4n) is 2.57. The number of nitrogens with one attached hydrogen (secondary N) is 1. The summed E-state index contributed by atoms with van der Waals surface area (Å²) < 4.78 is 10.2. The van der Waals surface area contributed by atoms with Crippen molar-refractivity contribution in [2.45, 2.75) is 19.1 Å². The Kier molecular flexibility index (Phi) is 4.12. The van der Waals surface area contributed by atoms with Crippen LogP contribution in [0.25, 0.3) is 0 Å². The van der Waals surface area contributed by atoms with E-state index in [9.17, 15) is 9.59 Å². The second-order valence-corrected chi connectivity index (χ2v) is 5.47. The minimum absolute atomic E-state index is 0.129. The van der Waals surface area contributed by atoms with Crippen LogP contribution in [0.4, 0.5) is 5.82 Å². The fourth-order valence-corrected chi connectivity index (χ4v) is 2.57. The lowest BCUT2D eigenvalue weighted by atomic mass is 9.97. The molecule has 1 saturated heterocycles. The fraction of sp³-hybridized carbons (Fsp3) is 0.312. The number of hydrogen-bond acceptors (Lipinski definition) is 5. The van der Waals surface area contributed by atoms with Crippen LogP contribution in [-0.2, 0) is 14.3 Å². The zero-order chi connectivity index (χ0) is 16.4. The molecule has 23 heavy (non-hydrogen) atoms. The number of aryl methyl sites for hydroxylation is 1. The molecule has 1 aromatic heterocycles. The van der Waals surface area contributed by atoms with Crippen molar-refractivity contribution in [2.75, 3.05) is 19.0 Å². The van der Waals surface area contributed by atoms with Gasteiger partial charge >= 0.3 is 0 Å². The van der Waals surface area contributed by atoms with Crippen LogP contribution < -0.4 is 5.32 Å². The summed E-state index contributed by atoms with van der Waals surface area (Å²) in [5.74, 6) is -0.231. The van der Waals surface area contributed by atoms with Crippen LogP contribution in [0.15, 0.2) is 41.1 Å². The van der Waals surface area contributed by atoms with Crippen LogP contribution in [-0.4, -0.2) is 41.6 Å². The van der Waals surface area contributed by atoms with Gasteiger partial charge < -0.3 is 19.5 Å². The van der Waals surface area contributed by atoms with Gasteiger partial charge in [0.2, 0.25) is 5.91 Å². The predicted octanol–water partition coefficient (Wildman–Crippen LogP) is 1.52. The van der Waals surface area contributed by atoms with E-state index in [4.69, 9.17) is 9.26 Å². The largest absolute Gasteiger partial charge is 0.363 e. The van der Waals surface area contributed by atoms with Crippen LogP contribution in [0.2, 0.25) is 0 Å². The van der Waals surface area contributed by atoms with E-state index in [1.54, 1.807) is 11.9 Å². The summed E-state index contributed by atoms with van der Waals surface area (Å²) in [6.45, 7) is 1.85. The first-order valence-corrected chi connectivity index (χ1v) is 7.21. The minimum Gasteiger partial charge on any atom is -0.363 e. The third-order valence-electron chi connectivity index (χ3n) is 3.85. The number of amides is 2. The molecule has 3 rings (SSSR count). The Morgan fingerprint density at radius 2 is 2.04 bits per heavy atom. The Bertz CT molecular complexity index is 697. The van der Waals surface area contributed by atoms with E-state index in [-0.39, 0.29) is 18.4 Å². The highest BCUT2D eigenvalue weighted by molar-refractivity contribution is 5.95. The van der Waals surface area contributed by atoms with E-state index in [0.29, 0.717) is 5.82 Å². The van der Waals surface area contributed by atoms with Crippen molar-refractivity contribution in [2.24, 2.45) is 0 Å². The van der Waals surface area contributed by atoms with Crippen molar-refractivity contribution >= 4 is 17.6 Å². The van der Waals surface area contributed by atoms with Gasteiger partial charge in [0.25, 0.3) is 5.91 Å². The van der Waals surface area contributed by atoms with Gasteiger partial charge in [-0.15, -0.1) is 0 Å². The molecule has 2 heterocycles. The average Bonchev–Trinajstić information content (AvgIpc) is 3.04. The molecule has 120 valence electrons. The van der Waals surface area contributed by atoms with E-state index in [1.165, 1.54) is 12.3 Å². The lowest BCUT2D eigenvalue weighted by molar-refractivity contribution is -0.160. The maximum absolute atomic E-state index is 12.5. The molecular formula is C16H17N3O4. The molecule has 2 amide bonds. The zero-order valence-corrected chi connectivity index (χ0v) is 12.9. The first-order chi connectivity index (χ1) is 11.1. The van der Waals surface area contributed by atoms with Gasteiger partial charge in [0, 0.05) is 13.1 Å². The van der Waals surface area contributed by atoms with E-state index in [0.717, 1.165) is 11.1 Å². The van der Waals surface area contributed by atoms with Gasteiger partial charge in [0.15, 0.2) is 11.9 Å². The van der Waals surface area contributed by atoms with Crippen molar-refractivity contribution < 1.29 is 18.8 Å². The molecule has 7 nitrogen and oxygen atoms in total. The Labute approximate surface area is 133 Å². The topological polar surface area (TPSA) is 84.7 Å². The lowest BCUT2D eigenvalue weighted by Crippen LogP contribution is -2.51. The van der Waals surface area contributed by atoms with Crippen LogP contribution in [0, 0.1) is 6.92 Å². The van der Waals surface area contributed by atoms with Crippen molar-refractivity contribution in [1.29, 1.82) is 0 Å². The molecule has 2 atom stereocenters. The summed E-state index contributed by atoms with van der Waals surface area (Å²) in [5.41, 5.74) is 1.94. The van der Waals surface area contributed by atoms with Gasteiger partial charge in [-0.1, -0.05) is 35.0 Å². The zero-order valence-electron chi connectivity index (χ0n) is 12.9. The summed E-state index contributed by atoms with van der Waals surface area (Å²) in [7, 11) is 1.67. The smallest absolute Gasteiger partial charge is 0.257 e. The molecule has 0 spiro atoms. The number of rotatable bonds is 3. The summed E-state index contributed by atoms with van der Waals surface area (Å²) in [5, 5.41) is 6.28. The average molecular weight is 315 g/mol. The van der Waals surface area contributed by atoms with Gasteiger partial charge in [0.1, 0.15) is 12.9 Å². The number of benzene rings is 1. The second-order valence-electron chi connectivity index (χ2n) is 5.47. The molecule has 0 aliphatic carbocycles. The number of morpholine rings is 1. The number of ether oxygens (including phenoxy) is 1. The highest BCUT2D eigenvalue weighted by atomic mass is 16.5. The van der Waals surface area contributed by atoms with Crippen LogP contribution in [0.5, 0.6) is 0 Å². The van der Waals surface area contributed by atoms with Gasteiger partial charge in [-0.3, -0.25) is 9.59 Å². The molecule has 0 bridgehead atoms. The van der Waals surface area contributed by atoms with E-state index >= 15 is 0 Å². The number of likely N-dealkylation sites (N-methyl/N-ethyl adjacent to an activating group) is 1. The number of aromatic nitrogens is 1. The quantitative estimate of drug-likeness (QED) is 0.928. The minimum atomic E-state index is -0.822. The van der Waals surface area contributed by atoms with Gasteiger partial charge in [-0.25, -0.2) is 0 Å². The lowest BCUT2D eigenvalue weighted by Gasteiger charge is -2.38. The summed E-state index contributed by atoms with van der Waals surface area (Å²) in [6, 6.07) is 8.72. The molecule has 1 aromatic carbocycles. The van der Waals surface area contributed by atoms with Gasteiger partial charge in [-0.05, 0) is 12.5 Å². The highest BCUT2D eigenvalue weighted by Crippen LogP contribution is 2.30. The van der Waals surface area contributed by atoms with Crippen molar-refractivity contribution in [3.63, 3.8) is 0 Å². The summed E-state index contributed by atoms with van der Waals surface area (Å²) in [4.78, 5) is 26.0. The van der Waals surface area contributed by atoms with Crippen molar-refractivity contribution in [3.05, 3.63) is 47.7 Å². The van der Waals surface area contributed by atoms with Gasteiger partial charge in [0.05, 0.1) is 6.04 Å². The standard InChI is InChI=1S/C16H17N3O4/c1-10-3-5-11(6-4-10)14-15(22-9-13(20)19(14)2)16(21)17-12-7-8-23-18-12/h3-8,14-15H,9H2,1-2H3,(H,17,18,21)/t14-,15+/m1/s1. The maximum atomic E-state index is 12.5. The van der Waals surface area contributed by atoms with Gasteiger partial charge in [-0.2, -0.15) is 0 Å². The molecule has 0 radical (unpaired) electrons. The second kappa shape index (κ2) is 6.21. The highest BCUT2D eigenvalue weighted by Gasteiger charge is 2.40. The van der Waals surface area contributed by atoms with Crippen molar-refractivity contribution in [1.82, 2.24) is 10.1 Å². The van der Waals surface area contributed by atoms with E-state index < -0.39 is 12.1 Å². The first kappa shape index (κ1) is 15.2. The number of anilines is 1. The number of carbonyl (C=O) groups is 2. The maximum Gasteiger partial charge on any atom is 0.257 e. The molecule has 0 unspecified atom stereocenters. The Morgan fingerprint density at radius 3 is 2.70 bits per heavy atom. The number of nitrogens with zero attached hydrogens (tertiary/aromatic N) is 2. The monoisotopic (exact) mass is 315 g/mol. The van der Waals surface area contributed by atoms with E-state index in [1.807, 2.05) is 31.2 Å². The third-order valence-corrected chi connectivity index (χ3v) is 3.85. The molecule has 1 aliphatic heterocycles. The molecule has 1 N–H and O–H groups in total. The molecular weight excluding hydrogens is 298 g/mol. The number of carbonyl (C=O) groups excluding carboxylic acids is 2. The summed E-state index contributed by atoms with van der Waals surface area (Å²) >= 11 is 0. The van der Waals surface area contributed by atoms with Crippen LogP contribution in [0.3, 0.4) is 0 Å². The Hall–Kier alpha value is -2.67. The first-order valence-electron chi connectivity index (χ1n) is 7.21. The Morgan fingerprint density at radius 1 is 1.30 bits per heavy atom. The number of hydrogen-bond donors (Lipinski definition) is 1. The SMILES string of the molecule is Cc1ccc([C@@H]2[C@@H](C(=O)Nc3ccon3)OCC(=O)N2C)cc1. The molecule has 7 heteroatoms. The predicted molar refractivity (Wildman–Crippen MR) is 81.6 cm³/mol. The molecule has 1 aliphatic rings. The molecule has 2 aromatic rings.